The number of unbranched alkanes of at least 4 members (excludes halogenated alkanes) is 10. The van der Waals surface area contributed by atoms with Crippen LogP contribution in [0.2, 0.25) is 0 Å². The van der Waals surface area contributed by atoms with Gasteiger partial charge in [0.15, 0.2) is 0 Å². The van der Waals surface area contributed by atoms with Gasteiger partial charge < -0.3 is 37.6 Å². The average molecular weight is 1340 g/mol. The summed E-state index contributed by atoms with van der Waals surface area (Å²) in [5, 5.41) is 10.4. The second-order valence-electron chi connectivity index (χ2n) is 25.1. The molecular formula is C78H66N10O12. The number of fused-ring (bicyclic) bond motifs is 4. The number of furan rings is 4. The first-order chi connectivity index (χ1) is 48.8. The van der Waals surface area contributed by atoms with E-state index in [0.29, 0.717) is 79.1 Å². The fourth-order valence-electron chi connectivity index (χ4n) is 13.7. The molecule has 0 spiro atoms. The number of aromatic amines is 4. The van der Waals surface area contributed by atoms with E-state index in [-0.39, 0.29) is 23.6 Å². The summed E-state index contributed by atoms with van der Waals surface area (Å²) < 4.78 is 21.7. The van der Waals surface area contributed by atoms with Gasteiger partial charge in [0, 0.05) is 101 Å². The fraction of sp³-hybridized carbons (Fsp3) is 0.205. The molecule has 0 unspecified atom stereocenters. The predicted molar refractivity (Wildman–Crippen MR) is 376 cm³/mol. The highest BCUT2D eigenvalue weighted by Gasteiger charge is 2.39. The maximum absolute atomic E-state index is 13.0. The van der Waals surface area contributed by atoms with Crippen molar-refractivity contribution in [2.75, 3.05) is 13.1 Å². The van der Waals surface area contributed by atoms with Gasteiger partial charge in [-0.15, -0.1) is 0 Å². The summed E-state index contributed by atoms with van der Waals surface area (Å²) in [5.41, 5.74) is 9.79. The van der Waals surface area contributed by atoms with Gasteiger partial charge in [-0.2, -0.15) is 0 Å². The van der Waals surface area contributed by atoms with Gasteiger partial charge in [-0.05, 0) is 146 Å². The van der Waals surface area contributed by atoms with Gasteiger partial charge >= 0.3 is 0 Å². The van der Waals surface area contributed by atoms with E-state index in [4.69, 9.17) is 17.7 Å². The molecule has 4 aromatic carbocycles. The van der Waals surface area contributed by atoms with Crippen molar-refractivity contribution in [1.29, 1.82) is 0 Å². The van der Waals surface area contributed by atoms with Gasteiger partial charge in [0.25, 0.3) is 47.3 Å². The van der Waals surface area contributed by atoms with Gasteiger partial charge in [0.05, 0.1) is 47.8 Å². The normalized spacial score (nSPS) is 13.7. The lowest BCUT2D eigenvalue weighted by molar-refractivity contribution is 0.0592. The molecule has 0 saturated carbocycles. The van der Waals surface area contributed by atoms with Crippen molar-refractivity contribution >= 4 is 113 Å². The molecule has 10 aromatic heterocycles. The van der Waals surface area contributed by atoms with Crippen LogP contribution in [0, 0.1) is 0 Å². The third kappa shape index (κ3) is 11.8. The van der Waals surface area contributed by atoms with E-state index in [9.17, 15) is 38.4 Å². The number of H-pyrrole nitrogens is 4. The summed E-state index contributed by atoms with van der Waals surface area (Å²) in [5.74, 6) is -0.216. The van der Waals surface area contributed by atoms with Crippen molar-refractivity contribution in [2.45, 2.75) is 90.9 Å². The van der Waals surface area contributed by atoms with E-state index in [2.05, 4.69) is 66.5 Å². The number of hydrogen-bond acceptors (Lipinski definition) is 14. The molecular weight excluding hydrogens is 1270 g/mol. The second-order valence-corrected chi connectivity index (χ2v) is 25.1. The van der Waals surface area contributed by atoms with E-state index in [1.807, 2.05) is 72.8 Å². The van der Waals surface area contributed by atoms with Crippen LogP contribution in [0.1, 0.15) is 174 Å². The van der Waals surface area contributed by atoms with Crippen LogP contribution < -0.4 is 10.6 Å². The van der Waals surface area contributed by atoms with E-state index in [0.717, 1.165) is 128 Å². The Morgan fingerprint density at radius 2 is 0.560 bits per heavy atom. The molecule has 14 aromatic rings. The largest absolute Gasteiger partial charge is 0.463 e. The zero-order chi connectivity index (χ0) is 68.7. The Balaban J connectivity index is 0.000000109. The molecule has 0 fully saturated rings. The first kappa shape index (κ1) is 63.6. The number of rotatable bonds is 18. The molecule has 0 atom stereocenters. The van der Waals surface area contributed by atoms with Crippen molar-refractivity contribution in [3.8, 4) is 45.8 Å². The molecule has 18 rings (SSSR count). The summed E-state index contributed by atoms with van der Waals surface area (Å²) in [6.45, 7) is 5.09. The Kier molecular flexibility index (Phi) is 17.1. The van der Waals surface area contributed by atoms with Gasteiger partial charge in [0.1, 0.15) is 45.6 Å². The Bertz CT molecular complexity index is 4800. The van der Waals surface area contributed by atoms with Crippen LogP contribution in [0.3, 0.4) is 0 Å². The Labute approximate surface area is 569 Å². The third-order valence-electron chi connectivity index (χ3n) is 18.6. The third-order valence-corrected chi connectivity index (χ3v) is 18.6. The minimum absolute atomic E-state index is 0.320. The van der Waals surface area contributed by atoms with E-state index in [1.54, 1.807) is 73.6 Å². The predicted octanol–water partition coefficient (Wildman–Crippen LogP) is 16.5. The summed E-state index contributed by atoms with van der Waals surface area (Å²) >= 11 is 0. The minimum Gasteiger partial charge on any atom is -0.463 e. The monoisotopic (exact) mass is 1330 g/mol. The number of carbonyl (C=O) groups is 8. The van der Waals surface area contributed by atoms with Gasteiger partial charge in [-0.1, -0.05) is 78.1 Å². The highest BCUT2D eigenvalue weighted by Crippen LogP contribution is 2.39. The Morgan fingerprint density at radius 3 is 0.820 bits per heavy atom. The molecule has 22 heteroatoms. The number of carbonyl (C=O) groups excluding carboxylic acids is 8. The molecule has 0 aliphatic carbocycles. The summed E-state index contributed by atoms with van der Waals surface area (Å²) in [7, 11) is 0. The van der Waals surface area contributed by atoms with Crippen molar-refractivity contribution < 1.29 is 56.0 Å². The van der Waals surface area contributed by atoms with Crippen LogP contribution in [-0.4, -0.2) is 100 Å². The van der Waals surface area contributed by atoms with Crippen molar-refractivity contribution in [1.82, 2.24) is 50.3 Å². The van der Waals surface area contributed by atoms with Gasteiger partial charge in [-0.25, -0.2) is 9.97 Å². The maximum Gasteiger partial charge on any atom is 0.261 e. The van der Waals surface area contributed by atoms with E-state index >= 15 is 0 Å². The van der Waals surface area contributed by atoms with E-state index in [1.165, 1.54) is 48.3 Å². The Morgan fingerprint density at radius 1 is 0.310 bits per heavy atom. The molecule has 500 valence electrons. The fourth-order valence-corrected chi connectivity index (χ4v) is 13.7. The molecule has 22 nitrogen and oxygen atoms in total. The second kappa shape index (κ2) is 26.9. The molecule has 4 aliphatic rings. The lowest BCUT2D eigenvalue weighted by Gasteiger charge is -2.29. The number of pyridine rings is 2. The van der Waals surface area contributed by atoms with Crippen LogP contribution in [0.5, 0.6) is 0 Å². The van der Waals surface area contributed by atoms with Gasteiger partial charge in [-0.3, -0.25) is 58.8 Å². The number of benzene rings is 4. The first-order valence-corrected chi connectivity index (χ1v) is 33.7. The molecule has 6 N–H and O–H groups in total. The topological polar surface area (TPSA) is 309 Å². The molecule has 0 bridgehead atoms. The van der Waals surface area contributed by atoms with Gasteiger partial charge in [0.2, 0.25) is 0 Å². The first-order valence-electron chi connectivity index (χ1n) is 33.7. The molecule has 0 saturated heterocycles. The number of nitrogens with one attached hydrogen (secondary N) is 6. The summed E-state index contributed by atoms with van der Waals surface area (Å²) in [6.07, 6.45) is 19.4. The summed E-state index contributed by atoms with van der Waals surface area (Å²) in [4.78, 5) is 126. The number of hydrogen-bond donors (Lipinski definition) is 6. The molecule has 8 amide bonds. The zero-order valence-corrected chi connectivity index (χ0v) is 54.6. The number of nitrogens with zero attached hydrogens (tertiary/aromatic N) is 4. The lowest BCUT2D eigenvalue weighted by Crippen LogP contribution is -2.42. The highest BCUT2D eigenvalue weighted by molar-refractivity contribution is 6.35. The number of imide groups is 4. The summed E-state index contributed by atoms with van der Waals surface area (Å²) in [6, 6.07) is 40.1. The lowest BCUT2D eigenvalue weighted by atomic mass is 9.86. The smallest absolute Gasteiger partial charge is 0.261 e. The molecule has 100 heavy (non-hydrogen) atoms. The van der Waals surface area contributed by atoms with E-state index < -0.39 is 23.6 Å². The van der Waals surface area contributed by atoms with Crippen LogP contribution in [0.15, 0.2) is 176 Å². The average Bonchev–Trinajstić information content (AvgIpc) is 1.26. The Hall–Kier alpha value is -12.5. The maximum atomic E-state index is 13.0. The molecule has 4 aliphatic heterocycles. The van der Waals surface area contributed by atoms with Crippen LogP contribution in [-0.2, 0) is 0 Å². The van der Waals surface area contributed by atoms with Crippen LogP contribution >= 0.6 is 0 Å². The van der Waals surface area contributed by atoms with Crippen molar-refractivity contribution in [2.24, 2.45) is 0 Å². The zero-order valence-electron chi connectivity index (χ0n) is 54.6. The number of amides is 8. The number of aromatic nitrogens is 6. The molecule has 14 heterocycles. The molecule has 0 radical (unpaired) electrons. The van der Waals surface area contributed by atoms with Crippen LogP contribution in [0.4, 0.5) is 0 Å². The standard InChI is InChI=1S/2C22H22N2O4.2C17H11N3O2/c2*1-2-3-4-5-6-7-12-24-21(27)15-10-8-13-17-14(20(26)23-19(13)25)9-11-16(18(15)17)22(24)28;2*1-3-14(21-5-1)12-8-10-7-11-9-13(15-4-2-6-22-15)19-17(11)20-16(10)18-12/h2*8-11H,2-7,12H2,1H3,(H,23,25,26);2*1-9H,(H2,18,19,20). The minimum atomic E-state index is -0.504. The quantitative estimate of drug-likeness (QED) is 0.0344. The van der Waals surface area contributed by atoms with Crippen molar-refractivity contribution in [3.63, 3.8) is 0 Å². The van der Waals surface area contributed by atoms with Crippen molar-refractivity contribution in [3.05, 3.63) is 203 Å². The van der Waals surface area contributed by atoms with Crippen LogP contribution in [0.25, 0.3) is 111 Å². The SMILES string of the molecule is CCCCCCCCN1C(=O)c2ccc3c4c(ccc(c24)C1=O)C(=O)NC3=O.CCCCCCCCN1C(=O)c2ccc3c4c(ccc(c24)C1=O)C(=O)NC3=O.c1coc(-c2cc3cc4cc(-c5ccco5)[nH]c4nc3[nH]2)c1.c1coc(-c2cc3cc4cc(-c5ccco5)[nH]c4nc3[nH]2)c1. The highest BCUT2D eigenvalue weighted by atomic mass is 16.3.